The van der Waals surface area contributed by atoms with Crippen molar-refractivity contribution in [2.24, 2.45) is 11.7 Å². The van der Waals surface area contributed by atoms with Gasteiger partial charge in [-0.2, -0.15) is 0 Å². The first kappa shape index (κ1) is 26.9. The van der Waals surface area contributed by atoms with Crippen LogP contribution in [0, 0.1) is 5.92 Å². The summed E-state index contributed by atoms with van der Waals surface area (Å²) >= 11 is 6.02. The third kappa shape index (κ3) is 7.41. The maximum Gasteiger partial charge on any atom is 0.251 e. The molecule has 0 radical (unpaired) electrons. The van der Waals surface area contributed by atoms with Gasteiger partial charge in [0, 0.05) is 48.7 Å². The first-order valence-electron chi connectivity index (χ1n) is 12.9. The molecule has 2 fully saturated rings. The van der Waals surface area contributed by atoms with E-state index in [4.69, 9.17) is 17.3 Å². The minimum atomic E-state index is -0.412. The van der Waals surface area contributed by atoms with Crippen LogP contribution in [-0.2, 0) is 16.0 Å². The molecule has 0 aromatic heterocycles. The van der Waals surface area contributed by atoms with Gasteiger partial charge in [-0.15, -0.1) is 0 Å². The lowest BCUT2D eigenvalue weighted by Crippen LogP contribution is -2.55. The molecule has 34 heavy (non-hydrogen) atoms. The lowest BCUT2D eigenvalue weighted by atomic mass is 9.92. The maximum absolute atomic E-state index is 13.3. The molecule has 1 saturated heterocycles. The summed E-state index contributed by atoms with van der Waals surface area (Å²) in [6.45, 7) is 7.81. The Morgan fingerprint density at radius 1 is 1.09 bits per heavy atom. The zero-order valence-electron chi connectivity index (χ0n) is 20.9. The highest BCUT2D eigenvalue weighted by atomic mass is 35.5. The lowest BCUT2D eigenvalue weighted by molar-refractivity contribution is -0.140. The highest BCUT2D eigenvalue weighted by molar-refractivity contribution is 6.30. The summed E-state index contributed by atoms with van der Waals surface area (Å²) in [6.07, 6.45) is 7.25. The van der Waals surface area contributed by atoms with Crippen LogP contribution in [0.5, 0.6) is 0 Å². The van der Waals surface area contributed by atoms with Gasteiger partial charge in [-0.3, -0.25) is 15.0 Å². The average Bonchev–Trinajstić information content (AvgIpc) is 3.28. The topological polar surface area (TPSA) is 90.7 Å². The number of amides is 2. The van der Waals surface area contributed by atoms with Crippen molar-refractivity contribution in [2.45, 2.75) is 89.9 Å². The molecule has 0 spiro atoms. The Labute approximate surface area is 209 Å². The molecular weight excluding hydrogens is 450 g/mol. The lowest BCUT2D eigenvalue weighted by Gasteiger charge is -2.39. The fraction of sp³-hybridized carbons (Fsp3) is 0.692. The van der Waals surface area contributed by atoms with Crippen LogP contribution in [0.25, 0.3) is 0 Å². The van der Waals surface area contributed by atoms with Crippen molar-refractivity contribution in [2.75, 3.05) is 19.6 Å². The number of hydrogen-bond acceptors (Lipinski definition) is 5. The molecule has 3 atom stereocenters. The number of carbonyl (C=O) groups excluding carboxylic acids is 2. The number of nitrogens with zero attached hydrogens (tertiary/aromatic N) is 2. The monoisotopic (exact) mass is 491 g/mol. The van der Waals surface area contributed by atoms with E-state index in [1.54, 1.807) is 0 Å². The van der Waals surface area contributed by atoms with Gasteiger partial charge in [0.15, 0.2) is 0 Å². The Kier molecular flexibility index (Phi) is 10.2. The van der Waals surface area contributed by atoms with Crippen molar-refractivity contribution in [3.05, 3.63) is 34.9 Å². The Hall–Kier alpha value is -1.67. The first-order valence-corrected chi connectivity index (χ1v) is 13.2. The molecule has 7 nitrogen and oxygen atoms in total. The van der Waals surface area contributed by atoms with Crippen molar-refractivity contribution >= 4 is 23.4 Å². The van der Waals surface area contributed by atoms with E-state index < -0.39 is 6.04 Å². The molecule has 1 aliphatic carbocycles. The highest BCUT2D eigenvalue weighted by Gasteiger charge is 2.37. The van der Waals surface area contributed by atoms with E-state index in [1.807, 2.05) is 50.0 Å². The quantitative estimate of drug-likeness (QED) is 0.468. The smallest absolute Gasteiger partial charge is 0.251 e. The van der Waals surface area contributed by atoms with Gasteiger partial charge in [-0.25, -0.2) is 5.01 Å². The van der Waals surface area contributed by atoms with E-state index in [2.05, 4.69) is 15.6 Å². The van der Waals surface area contributed by atoms with Gasteiger partial charge in [-0.1, -0.05) is 56.8 Å². The first-order chi connectivity index (χ1) is 16.3. The van der Waals surface area contributed by atoms with Crippen molar-refractivity contribution in [3.8, 4) is 0 Å². The number of nitrogens with two attached hydrogens (primary N) is 1. The van der Waals surface area contributed by atoms with Crippen molar-refractivity contribution in [3.63, 3.8) is 0 Å². The van der Waals surface area contributed by atoms with Crippen LogP contribution in [0.3, 0.4) is 0 Å². The molecule has 1 heterocycles. The van der Waals surface area contributed by atoms with Gasteiger partial charge in [0.05, 0.1) is 6.04 Å². The van der Waals surface area contributed by atoms with Crippen LogP contribution in [0.4, 0.5) is 0 Å². The summed E-state index contributed by atoms with van der Waals surface area (Å²) in [5, 5.41) is 6.02. The van der Waals surface area contributed by atoms with Crippen LogP contribution in [0.2, 0.25) is 5.02 Å². The second kappa shape index (κ2) is 12.9. The Balaban J connectivity index is 1.64. The number of carbonyl (C=O) groups is 2. The third-order valence-corrected chi connectivity index (χ3v) is 7.30. The molecular formula is C26H42ClN5O2. The van der Waals surface area contributed by atoms with Gasteiger partial charge in [0.1, 0.15) is 0 Å². The number of hydrogen-bond donors (Lipinski definition) is 3. The zero-order chi connectivity index (χ0) is 24.7. The van der Waals surface area contributed by atoms with Crippen molar-refractivity contribution < 1.29 is 9.59 Å². The van der Waals surface area contributed by atoms with E-state index in [0.29, 0.717) is 30.6 Å². The van der Waals surface area contributed by atoms with E-state index in [1.165, 1.54) is 19.3 Å². The second-order valence-electron chi connectivity index (χ2n) is 10.2. The molecule has 1 aliphatic heterocycles. The molecule has 1 unspecified atom stereocenters. The van der Waals surface area contributed by atoms with Crippen molar-refractivity contribution in [1.29, 1.82) is 0 Å². The Bertz CT molecular complexity index is 797. The van der Waals surface area contributed by atoms with Gasteiger partial charge >= 0.3 is 0 Å². The second-order valence-corrected chi connectivity index (χ2v) is 10.7. The summed E-state index contributed by atoms with van der Waals surface area (Å²) in [4.78, 5) is 28.6. The van der Waals surface area contributed by atoms with Crippen LogP contribution in [0.15, 0.2) is 24.3 Å². The summed E-state index contributed by atoms with van der Waals surface area (Å²) in [5.41, 5.74) is 9.97. The van der Waals surface area contributed by atoms with Crippen LogP contribution < -0.4 is 16.5 Å². The fourth-order valence-corrected chi connectivity index (χ4v) is 5.24. The molecule has 190 valence electrons. The Morgan fingerprint density at radius 3 is 2.38 bits per heavy atom. The number of halogens is 1. The SMILES string of the molecule is CC(CN)N[C@H](Cc1ccc(Cl)cc1)C(=O)NN1CC[C@H](N(C(=O)C(C)C)C2CCCCC2)C1. The molecule has 2 amide bonds. The molecule has 0 bridgehead atoms. The molecule has 4 N–H and O–H groups in total. The minimum Gasteiger partial charge on any atom is -0.335 e. The molecule has 3 rings (SSSR count). The van der Waals surface area contributed by atoms with Gasteiger partial charge < -0.3 is 16.0 Å². The normalized spacial score (nSPS) is 21.4. The fourth-order valence-electron chi connectivity index (χ4n) is 5.11. The largest absolute Gasteiger partial charge is 0.335 e. The number of hydrazine groups is 1. The predicted octanol–water partition coefficient (Wildman–Crippen LogP) is 3.11. The number of benzene rings is 1. The Morgan fingerprint density at radius 2 is 1.76 bits per heavy atom. The molecule has 1 saturated carbocycles. The maximum atomic E-state index is 13.3. The van der Waals surface area contributed by atoms with Crippen LogP contribution in [0.1, 0.15) is 64.9 Å². The van der Waals surface area contributed by atoms with E-state index >= 15 is 0 Å². The highest BCUT2D eigenvalue weighted by Crippen LogP contribution is 2.28. The molecule has 1 aromatic carbocycles. The van der Waals surface area contributed by atoms with Crippen LogP contribution >= 0.6 is 11.6 Å². The summed E-state index contributed by atoms with van der Waals surface area (Å²) in [7, 11) is 0. The van der Waals surface area contributed by atoms with Gasteiger partial charge in [-0.05, 0) is 50.3 Å². The average molecular weight is 492 g/mol. The van der Waals surface area contributed by atoms with E-state index in [0.717, 1.165) is 31.4 Å². The van der Waals surface area contributed by atoms with Crippen molar-refractivity contribution in [1.82, 2.24) is 20.7 Å². The summed E-state index contributed by atoms with van der Waals surface area (Å²) in [5.74, 6) is 0.149. The number of nitrogens with one attached hydrogen (secondary N) is 2. The van der Waals surface area contributed by atoms with Gasteiger partial charge in [0.25, 0.3) is 5.91 Å². The predicted molar refractivity (Wildman–Crippen MR) is 137 cm³/mol. The molecule has 1 aromatic rings. The number of rotatable bonds is 10. The van der Waals surface area contributed by atoms with E-state index in [-0.39, 0.29) is 29.8 Å². The zero-order valence-corrected chi connectivity index (χ0v) is 21.7. The standard InChI is InChI=1S/C26H42ClN5O2/c1-18(2)26(34)32(22-7-5-4-6-8-22)23-13-14-31(17-23)30-25(33)24(29-19(3)16-28)15-20-9-11-21(27)12-10-20/h9-12,18-19,22-24,29H,4-8,13-17,28H2,1-3H3,(H,30,33)/t19?,23-,24+/m0/s1. The summed E-state index contributed by atoms with van der Waals surface area (Å²) < 4.78 is 0. The molecule has 8 heteroatoms. The third-order valence-electron chi connectivity index (χ3n) is 7.05. The summed E-state index contributed by atoms with van der Waals surface area (Å²) in [6, 6.07) is 7.65. The van der Waals surface area contributed by atoms with E-state index in [9.17, 15) is 9.59 Å². The van der Waals surface area contributed by atoms with Gasteiger partial charge in [0.2, 0.25) is 5.91 Å². The molecule has 2 aliphatic rings. The minimum absolute atomic E-state index is 0.0137. The van der Waals surface area contributed by atoms with Crippen LogP contribution in [-0.4, -0.2) is 65.5 Å².